The number of epoxide rings is 1. The van der Waals surface area contributed by atoms with Crippen molar-refractivity contribution in [1.29, 1.82) is 0 Å². The summed E-state index contributed by atoms with van der Waals surface area (Å²) < 4.78 is 29.1. The lowest BCUT2D eigenvalue weighted by Crippen LogP contribution is -2.43. The molecule has 0 bridgehead atoms. The number of methoxy groups -OCH3 is 1. The fourth-order valence-corrected chi connectivity index (χ4v) is 6.72. The van der Waals surface area contributed by atoms with Gasteiger partial charge in [-0.3, -0.25) is 9.59 Å². The van der Waals surface area contributed by atoms with Crippen LogP contribution in [0.15, 0.2) is 36.0 Å². The molecule has 12 nitrogen and oxygen atoms in total. The van der Waals surface area contributed by atoms with Crippen LogP contribution in [0.5, 0.6) is 0 Å². The highest BCUT2D eigenvalue weighted by Gasteiger charge is 2.53. The number of piperidine rings is 1. The number of aliphatic hydroxyl groups is 3. The van der Waals surface area contributed by atoms with E-state index in [2.05, 4.69) is 13.8 Å². The highest BCUT2D eigenvalue weighted by molar-refractivity contribution is 5.70. The number of esters is 2. The fraction of sp³-hybridized carbons (Fsp3) is 0.757. The highest BCUT2D eigenvalue weighted by atomic mass is 16.6. The van der Waals surface area contributed by atoms with E-state index < -0.39 is 54.2 Å². The van der Waals surface area contributed by atoms with Gasteiger partial charge in [0.1, 0.15) is 30.0 Å². The molecule has 3 heterocycles. The lowest BCUT2D eigenvalue weighted by Gasteiger charge is -2.32. The van der Waals surface area contributed by atoms with Crippen LogP contribution in [-0.4, -0.2) is 113 Å². The number of likely N-dealkylation sites (tertiary alicyclic amines) is 1. The third-order valence-electron chi connectivity index (χ3n) is 10.0. The van der Waals surface area contributed by atoms with Gasteiger partial charge in [-0.05, 0) is 57.6 Å². The molecule has 0 radical (unpaired) electrons. The Labute approximate surface area is 291 Å². The average Bonchev–Trinajstić information content (AvgIpc) is 3.84. The number of hydrogen-bond donors (Lipinski definition) is 3. The Hall–Kier alpha value is -2.77. The van der Waals surface area contributed by atoms with E-state index in [1.54, 1.807) is 24.2 Å². The van der Waals surface area contributed by atoms with Gasteiger partial charge in [-0.25, -0.2) is 4.79 Å². The normalized spacial score (nSPS) is 33.7. The van der Waals surface area contributed by atoms with Crippen LogP contribution >= 0.6 is 0 Å². The predicted molar refractivity (Wildman–Crippen MR) is 182 cm³/mol. The molecule has 1 amide bonds. The van der Waals surface area contributed by atoms with Crippen molar-refractivity contribution in [2.24, 2.45) is 17.8 Å². The SMILES string of the molecule is CCC(OC)C(C)C1OC1C(OC(=O)N1CCC(O)CC1)C(C)/C=C/C=C(\C)C1OC(=O)CC(O)CCC(C)(O)C(OC(C)=O)/C=C/C1C. The van der Waals surface area contributed by atoms with Crippen LogP contribution < -0.4 is 0 Å². The van der Waals surface area contributed by atoms with Crippen LogP contribution in [0, 0.1) is 17.8 Å². The maximum absolute atomic E-state index is 13.2. The zero-order valence-corrected chi connectivity index (χ0v) is 30.4. The lowest BCUT2D eigenvalue weighted by atomic mass is 9.88. The van der Waals surface area contributed by atoms with Gasteiger partial charge in [0.05, 0.1) is 30.8 Å². The molecule has 0 spiro atoms. The number of allylic oxidation sites excluding steroid dienone is 2. The number of cyclic esters (lactones) is 1. The largest absolute Gasteiger partial charge is 0.457 e. The highest BCUT2D eigenvalue weighted by Crippen LogP contribution is 2.39. The number of ether oxygens (including phenoxy) is 5. The summed E-state index contributed by atoms with van der Waals surface area (Å²) in [5.74, 6) is -1.63. The van der Waals surface area contributed by atoms with E-state index in [1.807, 2.05) is 39.0 Å². The summed E-state index contributed by atoms with van der Waals surface area (Å²) >= 11 is 0. The molecule has 0 aromatic rings. The van der Waals surface area contributed by atoms with E-state index >= 15 is 0 Å². The molecule has 12 heteroatoms. The first kappa shape index (κ1) is 40.7. The van der Waals surface area contributed by atoms with Crippen molar-refractivity contribution in [3.8, 4) is 0 Å². The zero-order chi connectivity index (χ0) is 36.5. The standard InChI is InChI=1S/C37H59NO11/c1-9-29(45-8)25(5)34-35(48-34)33(49-36(43)38-19-16-27(40)17-20-38)23(3)12-10-11-22(2)32-24(4)13-14-30(46-26(6)39)37(7,44)18-15-28(41)21-31(42)47-32/h10-14,23-25,27-30,32-35,40-41,44H,9,15-21H2,1-8H3/b12-10+,14-13+,22-11+. The molecule has 0 aliphatic carbocycles. The number of amides is 1. The van der Waals surface area contributed by atoms with Crippen LogP contribution in [0.3, 0.4) is 0 Å². The van der Waals surface area contributed by atoms with Crippen LogP contribution in [0.1, 0.15) is 87.0 Å². The molecule has 49 heavy (non-hydrogen) atoms. The Morgan fingerprint density at radius 3 is 2.39 bits per heavy atom. The average molecular weight is 694 g/mol. The quantitative estimate of drug-likeness (QED) is 0.0932. The van der Waals surface area contributed by atoms with Crippen molar-refractivity contribution in [1.82, 2.24) is 4.90 Å². The van der Waals surface area contributed by atoms with Gasteiger partial charge in [0, 0.05) is 44.9 Å². The van der Waals surface area contributed by atoms with Gasteiger partial charge >= 0.3 is 18.0 Å². The van der Waals surface area contributed by atoms with E-state index in [4.69, 9.17) is 23.7 Å². The van der Waals surface area contributed by atoms with Gasteiger partial charge in [-0.15, -0.1) is 0 Å². The van der Waals surface area contributed by atoms with Crippen LogP contribution in [-0.2, 0) is 33.3 Å². The molecule has 11 atom stereocenters. The molecule has 278 valence electrons. The summed E-state index contributed by atoms with van der Waals surface area (Å²) in [5, 5.41) is 31.5. The molecule has 3 aliphatic rings. The number of carbonyl (C=O) groups excluding carboxylic acids is 3. The molecule has 11 unspecified atom stereocenters. The molecule has 2 fully saturated rings. The van der Waals surface area contributed by atoms with Crippen molar-refractivity contribution < 1.29 is 53.4 Å². The van der Waals surface area contributed by atoms with Crippen LogP contribution in [0.25, 0.3) is 0 Å². The van der Waals surface area contributed by atoms with E-state index in [9.17, 15) is 29.7 Å². The Bertz CT molecular complexity index is 1190. The fourth-order valence-electron chi connectivity index (χ4n) is 6.72. The first-order valence-corrected chi connectivity index (χ1v) is 17.7. The minimum absolute atomic E-state index is 0.00704. The van der Waals surface area contributed by atoms with E-state index in [0.29, 0.717) is 25.9 Å². The van der Waals surface area contributed by atoms with E-state index in [1.165, 1.54) is 13.8 Å². The predicted octanol–water partition coefficient (Wildman–Crippen LogP) is 4.25. The molecule has 2 saturated heterocycles. The zero-order valence-electron chi connectivity index (χ0n) is 30.4. The second kappa shape index (κ2) is 18.5. The maximum atomic E-state index is 13.2. The third-order valence-corrected chi connectivity index (χ3v) is 10.0. The molecule has 0 aromatic heterocycles. The monoisotopic (exact) mass is 693 g/mol. The topological polar surface area (TPSA) is 165 Å². The smallest absolute Gasteiger partial charge is 0.410 e. The minimum Gasteiger partial charge on any atom is -0.457 e. The Morgan fingerprint density at radius 2 is 1.78 bits per heavy atom. The molecular formula is C37H59NO11. The van der Waals surface area contributed by atoms with Crippen LogP contribution in [0.4, 0.5) is 4.79 Å². The van der Waals surface area contributed by atoms with Crippen molar-refractivity contribution >= 4 is 18.0 Å². The van der Waals surface area contributed by atoms with E-state index in [0.717, 1.165) is 12.0 Å². The molecular weight excluding hydrogens is 634 g/mol. The molecule has 3 rings (SSSR count). The summed E-state index contributed by atoms with van der Waals surface area (Å²) in [6, 6.07) is 0. The van der Waals surface area contributed by atoms with Crippen molar-refractivity contribution in [2.45, 2.75) is 141 Å². The molecule has 0 aromatic carbocycles. The summed E-state index contributed by atoms with van der Waals surface area (Å²) in [5.41, 5.74) is -0.736. The van der Waals surface area contributed by atoms with Crippen LogP contribution in [0.2, 0.25) is 0 Å². The third kappa shape index (κ3) is 11.9. The first-order valence-electron chi connectivity index (χ1n) is 17.7. The Kier molecular flexibility index (Phi) is 15.3. The summed E-state index contributed by atoms with van der Waals surface area (Å²) in [4.78, 5) is 39.5. The second-order valence-electron chi connectivity index (χ2n) is 14.3. The van der Waals surface area contributed by atoms with Gasteiger partial charge in [-0.2, -0.15) is 0 Å². The van der Waals surface area contributed by atoms with Crippen molar-refractivity contribution in [3.05, 3.63) is 36.0 Å². The second-order valence-corrected chi connectivity index (χ2v) is 14.3. The lowest BCUT2D eigenvalue weighted by molar-refractivity contribution is -0.157. The van der Waals surface area contributed by atoms with Crippen molar-refractivity contribution in [2.75, 3.05) is 20.2 Å². The van der Waals surface area contributed by atoms with Gasteiger partial charge < -0.3 is 43.9 Å². The first-order chi connectivity index (χ1) is 23.1. The molecule has 3 N–H and O–H groups in total. The molecule has 0 saturated carbocycles. The van der Waals surface area contributed by atoms with Gasteiger partial charge in [-0.1, -0.05) is 52.0 Å². The van der Waals surface area contributed by atoms with E-state index in [-0.39, 0.29) is 55.3 Å². The number of hydrogen-bond acceptors (Lipinski definition) is 11. The number of aliphatic hydroxyl groups excluding tert-OH is 2. The number of rotatable bonds is 11. The van der Waals surface area contributed by atoms with Gasteiger partial charge in [0.2, 0.25) is 0 Å². The molecule has 3 aliphatic heterocycles. The minimum atomic E-state index is -1.45. The number of carbonyl (C=O) groups is 3. The van der Waals surface area contributed by atoms with Gasteiger partial charge in [0.15, 0.2) is 0 Å². The Balaban J connectivity index is 1.82. The summed E-state index contributed by atoms with van der Waals surface area (Å²) in [7, 11) is 1.69. The van der Waals surface area contributed by atoms with Crippen molar-refractivity contribution in [3.63, 3.8) is 0 Å². The van der Waals surface area contributed by atoms with Gasteiger partial charge in [0.25, 0.3) is 0 Å². The summed E-state index contributed by atoms with van der Waals surface area (Å²) in [6.07, 6.45) is 6.22. The summed E-state index contributed by atoms with van der Waals surface area (Å²) in [6.45, 7) is 13.4. The maximum Gasteiger partial charge on any atom is 0.410 e. The Morgan fingerprint density at radius 1 is 1.10 bits per heavy atom. The number of nitrogens with zero attached hydrogens (tertiary/aromatic N) is 1.